The lowest BCUT2D eigenvalue weighted by Crippen LogP contribution is -2.37. The van der Waals surface area contributed by atoms with Crippen molar-refractivity contribution < 1.29 is 9.59 Å². The molecule has 3 heterocycles. The molecule has 0 unspecified atom stereocenters. The summed E-state index contributed by atoms with van der Waals surface area (Å²) in [5.74, 6) is 1.89. The average Bonchev–Trinajstić information content (AvgIpc) is 2.88. The van der Waals surface area contributed by atoms with Crippen LogP contribution in [0, 0.1) is 18.8 Å². The molecule has 0 saturated carbocycles. The van der Waals surface area contributed by atoms with E-state index in [2.05, 4.69) is 36.7 Å². The van der Waals surface area contributed by atoms with Crippen molar-refractivity contribution in [3.8, 4) is 0 Å². The number of anilines is 2. The van der Waals surface area contributed by atoms with E-state index in [1.54, 1.807) is 6.20 Å². The van der Waals surface area contributed by atoms with Crippen molar-refractivity contribution in [3.63, 3.8) is 0 Å². The number of para-hydroxylation sites is 1. The Labute approximate surface area is 228 Å². The summed E-state index contributed by atoms with van der Waals surface area (Å²) in [7, 11) is 0. The van der Waals surface area contributed by atoms with E-state index in [-0.39, 0.29) is 11.8 Å². The van der Waals surface area contributed by atoms with Crippen LogP contribution in [0.15, 0.2) is 30.5 Å². The zero-order valence-electron chi connectivity index (χ0n) is 23.8. The van der Waals surface area contributed by atoms with Gasteiger partial charge in [0.15, 0.2) is 0 Å². The van der Waals surface area contributed by atoms with E-state index >= 15 is 0 Å². The molecule has 0 aliphatic carbocycles. The maximum absolute atomic E-state index is 13.9. The second kappa shape index (κ2) is 13.2. The molecule has 1 aromatic heterocycles. The summed E-state index contributed by atoms with van der Waals surface area (Å²) < 4.78 is 0. The number of aryl methyl sites for hydroxylation is 1. The number of aromatic nitrogens is 2. The highest BCUT2D eigenvalue weighted by Crippen LogP contribution is 2.27. The molecule has 0 N–H and O–H groups in total. The lowest BCUT2D eigenvalue weighted by molar-refractivity contribution is -0.119. The second-order valence-electron chi connectivity index (χ2n) is 11.6. The van der Waals surface area contributed by atoms with Crippen LogP contribution in [0.25, 0.3) is 0 Å². The fourth-order valence-corrected chi connectivity index (χ4v) is 5.50. The molecule has 2 aromatic rings. The van der Waals surface area contributed by atoms with Crippen LogP contribution in [-0.2, 0) is 11.3 Å². The Balaban J connectivity index is 1.59. The van der Waals surface area contributed by atoms with Crippen LogP contribution in [0.4, 0.5) is 11.6 Å². The minimum Gasteiger partial charge on any atom is -0.341 e. The highest BCUT2D eigenvalue weighted by atomic mass is 16.2. The third kappa shape index (κ3) is 7.12. The highest BCUT2D eigenvalue weighted by molar-refractivity contribution is 5.96. The zero-order valence-corrected chi connectivity index (χ0v) is 23.8. The minimum atomic E-state index is -0.0340. The summed E-state index contributed by atoms with van der Waals surface area (Å²) >= 11 is 0. The van der Waals surface area contributed by atoms with Gasteiger partial charge >= 0.3 is 0 Å². The van der Waals surface area contributed by atoms with Gasteiger partial charge in [0.1, 0.15) is 0 Å². The molecule has 4 rings (SSSR count). The van der Waals surface area contributed by atoms with Crippen LogP contribution in [0.1, 0.15) is 93.8 Å². The Bertz CT molecular complexity index is 1090. The first-order chi connectivity index (χ1) is 18.3. The smallest absolute Gasteiger partial charge is 0.257 e. The van der Waals surface area contributed by atoms with Crippen molar-refractivity contribution in [3.05, 3.63) is 47.3 Å². The van der Waals surface area contributed by atoms with E-state index in [1.165, 1.54) is 0 Å². The number of hydrogen-bond acceptors (Lipinski definition) is 5. The van der Waals surface area contributed by atoms with Gasteiger partial charge in [-0.25, -0.2) is 9.97 Å². The molecule has 1 fully saturated rings. The molecular weight excluding hydrogens is 474 g/mol. The third-order valence-electron chi connectivity index (χ3n) is 7.89. The second-order valence-corrected chi connectivity index (χ2v) is 11.6. The molecule has 2 amide bonds. The monoisotopic (exact) mass is 519 g/mol. The molecule has 38 heavy (non-hydrogen) atoms. The van der Waals surface area contributed by atoms with Gasteiger partial charge in [0.05, 0.1) is 11.3 Å². The number of rotatable bonds is 4. The van der Waals surface area contributed by atoms with E-state index in [9.17, 15) is 9.59 Å². The van der Waals surface area contributed by atoms with Crippen LogP contribution in [0.2, 0.25) is 0 Å². The number of hydrogen-bond donors (Lipinski definition) is 0. The first-order valence-electron chi connectivity index (χ1n) is 14.6. The summed E-state index contributed by atoms with van der Waals surface area (Å²) in [6.07, 6.45) is 9.78. The molecule has 0 radical (unpaired) electrons. The Kier molecular flexibility index (Phi) is 9.75. The number of fused-ring (bicyclic) bond motifs is 1. The van der Waals surface area contributed by atoms with Crippen LogP contribution in [0.3, 0.4) is 0 Å². The Morgan fingerprint density at radius 2 is 1.66 bits per heavy atom. The first kappa shape index (κ1) is 28.1. The SMILES string of the molecule is Cc1nc(N2CCC(C)CC2)ncc1C(=O)N1CCCCCCCN(C(=O)CC(C)C)c2ccccc2C1. The van der Waals surface area contributed by atoms with Gasteiger partial charge in [-0.05, 0) is 56.1 Å². The number of carbonyl (C=O) groups excluding carboxylic acids is 2. The fraction of sp³-hybridized carbons (Fsp3) is 0.613. The Morgan fingerprint density at radius 1 is 0.974 bits per heavy atom. The van der Waals surface area contributed by atoms with Crippen LogP contribution >= 0.6 is 0 Å². The molecule has 0 atom stereocenters. The number of amides is 2. The van der Waals surface area contributed by atoms with E-state index in [1.807, 2.05) is 34.9 Å². The lowest BCUT2D eigenvalue weighted by Gasteiger charge is -2.31. The van der Waals surface area contributed by atoms with Gasteiger partial charge in [0.25, 0.3) is 5.91 Å². The van der Waals surface area contributed by atoms with E-state index < -0.39 is 0 Å². The number of benzene rings is 1. The lowest BCUT2D eigenvalue weighted by atomic mass is 10.00. The van der Waals surface area contributed by atoms with Gasteiger partial charge in [-0.1, -0.05) is 58.2 Å². The van der Waals surface area contributed by atoms with Crippen molar-refractivity contribution in [2.75, 3.05) is 36.0 Å². The van der Waals surface area contributed by atoms with Gasteiger partial charge in [-0.3, -0.25) is 9.59 Å². The van der Waals surface area contributed by atoms with Crippen LogP contribution in [0.5, 0.6) is 0 Å². The standard InChI is InChI=1S/C31H45N5O2/c1-23(2)20-29(37)36-17-11-7-5-6-10-16-35(22-26-12-8-9-13-28(26)36)30(38)27-21-32-31(33-25(27)4)34-18-14-24(3)15-19-34/h8-9,12-13,21,23-24H,5-7,10-11,14-20,22H2,1-4H3. The predicted octanol–water partition coefficient (Wildman–Crippen LogP) is 6.01. The highest BCUT2D eigenvalue weighted by Gasteiger charge is 2.25. The average molecular weight is 520 g/mol. The zero-order chi connectivity index (χ0) is 27.1. The molecule has 0 spiro atoms. The summed E-state index contributed by atoms with van der Waals surface area (Å²) in [6, 6.07) is 8.08. The molecule has 1 saturated heterocycles. The van der Waals surface area contributed by atoms with Gasteiger partial charge < -0.3 is 14.7 Å². The molecule has 0 bridgehead atoms. The maximum atomic E-state index is 13.9. The summed E-state index contributed by atoms with van der Waals surface area (Å²) in [6.45, 7) is 12.2. The van der Waals surface area contributed by atoms with Gasteiger partial charge in [0, 0.05) is 51.0 Å². The topological polar surface area (TPSA) is 69.6 Å². The Morgan fingerprint density at radius 3 is 2.37 bits per heavy atom. The number of carbonyl (C=O) groups is 2. The molecule has 2 aliphatic heterocycles. The normalized spacial score (nSPS) is 18.1. The first-order valence-corrected chi connectivity index (χ1v) is 14.6. The molecular formula is C31H45N5O2. The molecule has 7 heteroatoms. The number of piperidine rings is 1. The van der Waals surface area contributed by atoms with Crippen LogP contribution in [-0.4, -0.2) is 52.9 Å². The maximum Gasteiger partial charge on any atom is 0.257 e. The van der Waals surface area contributed by atoms with Crippen molar-refractivity contribution >= 4 is 23.5 Å². The van der Waals surface area contributed by atoms with Gasteiger partial charge in [-0.2, -0.15) is 0 Å². The minimum absolute atomic E-state index is 0.0340. The Hall–Kier alpha value is -2.96. The molecule has 2 aliphatic rings. The van der Waals surface area contributed by atoms with Crippen molar-refractivity contribution in [2.24, 2.45) is 11.8 Å². The molecule has 7 nitrogen and oxygen atoms in total. The van der Waals surface area contributed by atoms with Crippen LogP contribution < -0.4 is 9.80 Å². The quantitative estimate of drug-likeness (QED) is 0.495. The number of nitrogens with zero attached hydrogens (tertiary/aromatic N) is 5. The van der Waals surface area contributed by atoms with Gasteiger partial charge in [0.2, 0.25) is 11.9 Å². The fourth-order valence-electron chi connectivity index (χ4n) is 5.50. The molecule has 206 valence electrons. The van der Waals surface area contributed by atoms with Crippen molar-refractivity contribution in [1.29, 1.82) is 0 Å². The molecule has 1 aromatic carbocycles. The summed E-state index contributed by atoms with van der Waals surface area (Å²) in [4.78, 5) is 42.7. The van der Waals surface area contributed by atoms with Gasteiger partial charge in [-0.15, -0.1) is 0 Å². The summed E-state index contributed by atoms with van der Waals surface area (Å²) in [5, 5.41) is 0. The predicted molar refractivity (Wildman–Crippen MR) is 153 cm³/mol. The van der Waals surface area contributed by atoms with E-state index in [0.717, 1.165) is 93.4 Å². The van der Waals surface area contributed by atoms with Crippen molar-refractivity contribution in [2.45, 2.75) is 85.6 Å². The largest absolute Gasteiger partial charge is 0.341 e. The van der Waals surface area contributed by atoms with E-state index in [0.29, 0.717) is 31.0 Å². The summed E-state index contributed by atoms with van der Waals surface area (Å²) in [5.41, 5.74) is 3.23. The third-order valence-corrected chi connectivity index (χ3v) is 7.89. The van der Waals surface area contributed by atoms with Crippen molar-refractivity contribution in [1.82, 2.24) is 14.9 Å². The van der Waals surface area contributed by atoms with E-state index in [4.69, 9.17) is 4.98 Å².